The summed E-state index contributed by atoms with van der Waals surface area (Å²) in [5, 5.41) is 14.0. The smallest absolute Gasteiger partial charge is 0.341 e. The molecule has 0 saturated heterocycles. The Morgan fingerprint density at radius 2 is 2.57 bits per heavy atom. The number of ether oxygens (including phenoxy) is 1. The third-order valence-corrected chi connectivity index (χ3v) is 1.49. The second-order valence-electron chi connectivity index (χ2n) is 2.53. The van der Waals surface area contributed by atoms with E-state index in [0.717, 1.165) is 0 Å². The summed E-state index contributed by atoms with van der Waals surface area (Å²) in [7, 11) is 1.47. The van der Waals surface area contributed by atoms with E-state index < -0.39 is 12.1 Å². The fraction of sp³-hybridized carbons (Fsp3) is 0.375. The Labute approximate surface area is 80.9 Å². The predicted molar refractivity (Wildman–Crippen MR) is 48.8 cm³/mol. The van der Waals surface area contributed by atoms with Crippen molar-refractivity contribution in [3.05, 3.63) is 18.4 Å². The Kier molecular flexibility index (Phi) is 3.96. The Balaban J connectivity index is 2.47. The van der Waals surface area contributed by atoms with E-state index in [1.54, 1.807) is 12.1 Å². The van der Waals surface area contributed by atoms with Gasteiger partial charge in [0.15, 0.2) is 12.0 Å². The fourth-order valence-corrected chi connectivity index (χ4v) is 0.870. The van der Waals surface area contributed by atoms with Crippen molar-refractivity contribution in [3.63, 3.8) is 0 Å². The van der Waals surface area contributed by atoms with Crippen molar-refractivity contribution in [2.45, 2.75) is 6.17 Å². The van der Waals surface area contributed by atoms with Crippen LogP contribution in [0, 0.1) is 0 Å². The van der Waals surface area contributed by atoms with E-state index in [4.69, 9.17) is 14.3 Å². The van der Waals surface area contributed by atoms with E-state index in [2.05, 4.69) is 10.6 Å². The van der Waals surface area contributed by atoms with Gasteiger partial charge in [-0.05, 0) is 6.07 Å². The maximum absolute atomic E-state index is 10.7. The summed E-state index contributed by atoms with van der Waals surface area (Å²) < 4.78 is 9.64. The summed E-state index contributed by atoms with van der Waals surface area (Å²) in [5.74, 6) is -0.639. The number of aliphatic carboxylic acids is 1. The summed E-state index contributed by atoms with van der Waals surface area (Å²) in [6.45, 7) is 0.144. The second kappa shape index (κ2) is 5.25. The molecular formula is C8H12N2O4. The van der Waals surface area contributed by atoms with Gasteiger partial charge in [0.05, 0.1) is 13.0 Å². The van der Waals surface area contributed by atoms with Crippen molar-refractivity contribution < 1.29 is 19.1 Å². The molecule has 0 bridgehead atoms. The summed E-state index contributed by atoms with van der Waals surface area (Å²) in [6, 6.07) is 3.29. The normalized spacial score (nSPS) is 12.4. The average Bonchev–Trinajstić information content (AvgIpc) is 2.64. The predicted octanol–water partition coefficient (Wildman–Crippen LogP) is 0.296. The number of rotatable bonds is 6. The van der Waals surface area contributed by atoms with Crippen LogP contribution in [0.3, 0.4) is 0 Å². The van der Waals surface area contributed by atoms with Gasteiger partial charge in [0.2, 0.25) is 0 Å². The number of anilines is 1. The van der Waals surface area contributed by atoms with Crippen LogP contribution in [-0.2, 0) is 9.53 Å². The minimum atomic E-state index is -1.03. The average molecular weight is 200 g/mol. The maximum atomic E-state index is 10.7. The van der Waals surface area contributed by atoms with E-state index in [1.807, 2.05) is 0 Å². The van der Waals surface area contributed by atoms with Crippen LogP contribution in [0.4, 0.5) is 5.88 Å². The molecule has 1 heterocycles. The maximum Gasteiger partial charge on any atom is 0.341 e. The molecule has 0 aliphatic carbocycles. The van der Waals surface area contributed by atoms with Gasteiger partial charge in [0.25, 0.3) is 0 Å². The van der Waals surface area contributed by atoms with Gasteiger partial charge in [-0.25, -0.2) is 4.79 Å². The summed E-state index contributed by atoms with van der Waals surface area (Å²) in [5.41, 5.74) is 0. The van der Waals surface area contributed by atoms with Gasteiger partial charge >= 0.3 is 5.97 Å². The standard InChI is InChI=1S/C8H12N2O4/c1-13-5-9-7(8(11)12)10-6-3-2-4-14-6/h2-4,7,9-10H,5H2,1H3,(H,11,12). The molecule has 0 radical (unpaired) electrons. The van der Waals surface area contributed by atoms with Crippen molar-refractivity contribution in [2.24, 2.45) is 0 Å². The van der Waals surface area contributed by atoms with Gasteiger partial charge in [-0.3, -0.25) is 5.32 Å². The second-order valence-corrected chi connectivity index (χ2v) is 2.53. The quantitative estimate of drug-likeness (QED) is 0.572. The highest BCUT2D eigenvalue weighted by molar-refractivity contribution is 5.76. The van der Waals surface area contributed by atoms with Crippen LogP contribution < -0.4 is 10.6 Å². The molecule has 0 spiro atoms. The first-order valence-corrected chi connectivity index (χ1v) is 3.99. The molecule has 1 atom stereocenters. The lowest BCUT2D eigenvalue weighted by atomic mass is 10.5. The third kappa shape index (κ3) is 3.08. The lowest BCUT2D eigenvalue weighted by molar-refractivity contribution is -0.139. The molecule has 0 fully saturated rings. The number of carboxylic acid groups (broad SMARTS) is 1. The van der Waals surface area contributed by atoms with Gasteiger partial charge in [-0.2, -0.15) is 0 Å². The monoisotopic (exact) mass is 200 g/mol. The highest BCUT2D eigenvalue weighted by atomic mass is 16.5. The molecule has 0 saturated carbocycles. The lowest BCUT2D eigenvalue weighted by Gasteiger charge is -2.14. The Morgan fingerprint density at radius 1 is 1.79 bits per heavy atom. The van der Waals surface area contributed by atoms with Crippen molar-refractivity contribution in [2.75, 3.05) is 19.2 Å². The van der Waals surface area contributed by atoms with Crippen molar-refractivity contribution in [1.82, 2.24) is 5.32 Å². The van der Waals surface area contributed by atoms with Crippen LogP contribution >= 0.6 is 0 Å². The van der Waals surface area contributed by atoms with Crippen LogP contribution in [0.2, 0.25) is 0 Å². The number of methoxy groups -OCH3 is 1. The highest BCUT2D eigenvalue weighted by Crippen LogP contribution is 2.07. The summed E-state index contributed by atoms with van der Waals surface area (Å²) >= 11 is 0. The molecule has 1 rings (SSSR count). The minimum absolute atomic E-state index is 0.144. The first-order chi connectivity index (χ1) is 6.74. The summed E-state index contributed by atoms with van der Waals surface area (Å²) in [6.07, 6.45) is 0.526. The van der Waals surface area contributed by atoms with Gasteiger partial charge in [-0.15, -0.1) is 0 Å². The van der Waals surface area contributed by atoms with E-state index >= 15 is 0 Å². The van der Waals surface area contributed by atoms with Gasteiger partial charge in [-0.1, -0.05) is 0 Å². The highest BCUT2D eigenvalue weighted by Gasteiger charge is 2.16. The molecule has 3 N–H and O–H groups in total. The zero-order chi connectivity index (χ0) is 10.4. The van der Waals surface area contributed by atoms with Crippen LogP contribution in [0.5, 0.6) is 0 Å². The molecule has 6 nitrogen and oxygen atoms in total. The molecule has 0 aromatic carbocycles. The molecule has 0 aliphatic heterocycles. The molecule has 1 aromatic rings. The zero-order valence-electron chi connectivity index (χ0n) is 7.69. The molecule has 1 unspecified atom stereocenters. The number of hydrogen-bond donors (Lipinski definition) is 3. The number of carboxylic acids is 1. The van der Waals surface area contributed by atoms with Crippen LogP contribution in [0.1, 0.15) is 0 Å². The topological polar surface area (TPSA) is 83.7 Å². The van der Waals surface area contributed by atoms with Gasteiger partial charge in [0.1, 0.15) is 0 Å². The largest absolute Gasteiger partial charge is 0.479 e. The molecular weight excluding hydrogens is 188 g/mol. The number of nitrogens with one attached hydrogen (secondary N) is 2. The molecule has 6 heteroatoms. The Hall–Kier alpha value is -1.53. The summed E-state index contributed by atoms with van der Waals surface area (Å²) in [4.78, 5) is 10.7. The minimum Gasteiger partial charge on any atom is -0.479 e. The van der Waals surface area contributed by atoms with Gasteiger partial charge in [0, 0.05) is 13.2 Å². The molecule has 1 aromatic heterocycles. The van der Waals surface area contributed by atoms with E-state index in [1.165, 1.54) is 13.4 Å². The molecule has 0 amide bonds. The third-order valence-electron chi connectivity index (χ3n) is 1.49. The van der Waals surface area contributed by atoms with Gasteiger partial charge < -0.3 is 19.6 Å². The van der Waals surface area contributed by atoms with E-state index in [-0.39, 0.29) is 6.73 Å². The van der Waals surface area contributed by atoms with Crippen LogP contribution in [0.15, 0.2) is 22.8 Å². The van der Waals surface area contributed by atoms with Crippen LogP contribution in [0.25, 0.3) is 0 Å². The number of furan rings is 1. The van der Waals surface area contributed by atoms with Crippen molar-refractivity contribution in [3.8, 4) is 0 Å². The van der Waals surface area contributed by atoms with Crippen molar-refractivity contribution >= 4 is 11.9 Å². The fourth-order valence-electron chi connectivity index (χ4n) is 0.870. The first-order valence-electron chi connectivity index (χ1n) is 3.99. The molecule has 0 aliphatic rings. The Morgan fingerprint density at radius 3 is 3.07 bits per heavy atom. The van der Waals surface area contributed by atoms with Crippen molar-refractivity contribution in [1.29, 1.82) is 0 Å². The number of carbonyl (C=O) groups is 1. The Bertz CT molecular complexity index is 273. The molecule has 78 valence electrons. The number of hydrogen-bond acceptors (Lipinski definition) is 5. The zero-order valence-corrected chi connectivity index (χ0v) is 7.69. The molecule has 14 heavy (non-hydrogen) atoms. The first kappa shape index (κ1) is 10.6. The van der Waals surface area contributed by atoms with E-state index in [0.29, 0.717) is 5.88 Å². The van der Waals surface area contributed by atoms with E-state index in [9.17, 15) is 4.79 Å². The SMILES string of the molecule is COCNC(Nc1ccco1)C(=O)O. The van der Waals surface area contributed by atoms with Crippen LogP contribution in [-0.4, -0.2) is 31.1 Å². The lowest BCUT2D eigenvalue weighted by Crippen LogP contribution is -2.43.